The van der Waals surface area contributed by atoms with Gasteiger partial charge in [0.2, 0.25) is 11.8 Å². The maximum absolute atomic E-state index is 14.2. The lowest BCUT2D eigenvalue weighted by Gasteiger charge is -2.33. The largest absolute Gasteiger partial charge is 0.331 e. The quantitative estimate of drug-likeness (QED) is 0.529. The molecule has 168 valence electrons. The highest BCUT2D eigenvalue weighted by atomic mass is 16.2. The van der Waals surface area contributed by atoms with Crippen molar-refractivity contribution in [2.24, 2.45) is 5.92 Å². The third kappa shape index (κ3) is 3.06. The minimum atomic E-state index is -0.802. The number of hydrogen-bond acceptors (Lipinski definition) is 2. The molecule has 1 aliphatic carbocycles. The summed E-state index contributed by atoms with van der Waals surface area (Å²) < 4.78 is 0. The minimum absolute atomic E-state index is 0.0706. The summed E-state index contributed by atoms with van der Waals surface area (Å²) in [6, 6.07) is 28.0. The van der Waals surface area contributed by atoms with Crippen molar-refractivity contribution in [3.63, 3.8) is 0 Å². The van der Waals surface area contributed by atoms with E-state index < -0.39 is 5.41 Å². The van der Waals surface area contributed by atoms with E-state index in [4.69, 9.17) is 0 Å². The molecular weight excluding hydrogens is 420 g/mol. The van der Waals surface area contributed by atoms with Gasteiger partial charge in [0.25, 0.3) is 0 Å². The van der Waals surface area contributed by atoms with Gasteiger partial charge < -0.3 is 9.80 Å². The van der Waals surface area contributed by atoms with E-state index in [2.05, 4.69) is 12.6 Å². The van der Waals surface area contributed by atoms with Crippen LogP contribution in [0.25, 0.3) is 0 Å². The Morgan fingerprint density at radius 3 is 2.15 bits per heavy atom. The Morgan fingerprint density at radius 2 is 1.44 bits per heavy atom. The summed E-state index contributed by atoms with van der Waals surface area (Å²) in [6.45, 7) is 5.37. The van der Waals surface area contributed by atoms with Crippen molar-refractivity contribution in [3.8, 4) is 0 Å². The second kappa shape index (κ2) is 7.84. The number of carbonyl (C=O) groups excluding carboxylic acids is 2. The predicted molar refractivity (Wildman–Crippen MR) is 133 cm³/mol. The van der Waals surface area contributed by atoms with Crippen molar-refractivity contribution in [3.05, 3.63) is 126 Å². The van der Waals surface area contributed by atoms with Gasteiger partial charge >= 0.3 is 0 Å². The number of hydrogen-bond donors (Lipinski definition) is 0. The lowest BCUT2D eigenvalue weighted by molar-refractivity contribution is -0.132. The maximum atomic E-state index is 14.2. The lowest BCUT2D eigenvalue weighted by Crippen LogP contribution is -2.45. The number of fused-ring (bicyclic) bond motifs is 4. The highest BCUT2D eigenvalue weighted by Gasteiger charge is 2.55. The molecule has 3 aliphatic rings. The molecule has 0 saturated carbocycles. The number of amides is 2. The topological polar surface area (TPSA) is 40.6 Å². The molecule has 1 unspecified atom stereocenters. The minimum Gasteiger partial charge on any atom is -0.331 e. The second-order valence-corrected chi connectivity index (χ2v) is 9.45. The number of para-hydroxylation sites is 1. The van der Waals surface area contributed by atoms with Gasteiger partial charge in [-0.15, -0.1) is 0 Å². The van der Waals surface area contributed by atoms with Crippen molar-refractivity contribution < 1.29 is 9.59 Å². The molecule has 2 aliphatic heterocycles. The van der Waals surface area contributed by atoms with Crippen LogP contribution in [0.4, 0.5) is 5.69 Å². The van der Waals surface area contributed by atoms with Gasteiger partial charge in [-0.05, 0) is 34.8 Å². The zero-order valence-electron chi connectivity index (χ0n) is 18.9. The molecule has 6 rings (SSSR count). The smallest absolute Gasteiger partial charge is 0.241 e. The zero-order valence-corrected chi connectivity index (χ0v) is 18.9. The van der Waals surface area contributed by atoms with Crippen LogP contribution in [0, 0.1) is 5.92 Å². The normalized spacial score (nSPS) is 25.2. The van der Waals surface area contributed by atoms with Gasteiger partial charge in [0.1, 0.15) is 0 Å². The molecule has 4 nitrogen and oxygen atoms in total. The maximum Gasteiger partial charge on any atom is 0.241 e. The van der Waals surface area contributed by atoms with Crippen LogP contribution in [0.3, 0.4) is 0 Å². The SMILES string of the molecule is C=C1[C@@H]2C=CC3(C[C@H]1N(Cc1ccccc1)C2=O)C(=O)N(Cc1ccccc1)c1ccccc13. The molecule has 3 aromatic carbocycles. The fraction of sp³-hybridized carbons (Fsp3) is 0.200. The molecule has 4 heteroatoms. The van der Waals surface area contributed by atoms with Gasteiger partial charge in [0, 0.05) is 12.2 Å². The molecule has 1 spiro atoms. The first-order chi connectivity index (χ1) is 16.6. The highest BCUT2D eigenvalue weighted by molar-refractivity contribution is 6.10. The van der Waals surface area contributed by atoms with Crippen LogP contribution in [0.2, 0.25) is 0 Å². The number of carbonyl (C=O) groups is 2. The van der Waals surface area contributed by atoms with Crippen molar-refractivity contribution in [1.29, 1.82) is 0 Å². The number of nitrogens with zero attached hydrogens (tertiary/aromatic N) is 2. The third-order valence-corrected chi connectivity index (χ3v) is 7.52. The summed E-state index contributed by atoms with van der Waals surface area (Å²) in [5.41, 5.74) is 4.22. The molecule has 0 radical (unpaired) electrons. The van der Waals surface area contributed by atoms with Crippen LogP contribution in [-0.4, -0.2) is 22.8 Å². The molecule has 0 N–H and O–H groups in total. The van der Waals surface area contributed by atoms with Gasteiger partial charge in [-0.3, -0.25) is 9.59 Å². The molecule has 3 aromatic rings. The molecular formula is C30H26N2O2. The monoisotopic (exact) mass is 446 g/mol. The molecule has 0 aromatic heterocycles. The highest BCUT2D eigenvalue weighted by Crippen LogP contribution is 2.51. The van der Waals surface area contributed by atoms with Gasteiger partial charge in [0.15, 0.2) is 0 Å². The van der Waals surface area contributed by atoms with Gasteiger partial charge in [-0.1, -0.05) is 97.6 Å². The molecule has 1 fully saturated rings. The van der Waals surface area contributed by atoms with E-state index in [1.54, 1.807) is 0 Å². The number of likely N-dealkylation sites (tertiary alicyclic amines) is 1. The Balaban J connectivity index is 1.41. The number of anilines is 1. The Hall–Kier alpha value is -3.92. The molecule has 2 bridgehead atoms. The average molecular weight is 447 g/mol. The van der Waals surface area contributed by atoms with Crippen LogP contribution in [-0.2, 0) is 28.1 Å². The Labute approximate surface area is 199 Å². The lowest BCUT2D eigenvalue weighted by atomic mass is 9.76. The zero-order chi connectivity index (χ0) is 23.3. The number of rotatable bonds is 4. The molecule has 1 saturated heterocycles. The van der Waals surface area contributed by atoms with Crippen LogP contribution >= 0.6 is 0 Å². The van der Waals surface area contributed by atoms with Gasteiger partial charge in [0.05, 0.1) is 23.9 Å². The molecule has 3 atom stereocenters. The van der Waals surface area contributed by atoms with Gasteiger partial charge in [-0.2, -0.15) is 0 Å². The molecule has 2 heterocycles. The average Bonchev–Trinajstić information content (AvgIpc) is 3.14. The van der Waals surface area contributed by atoms with E-state index in [1.807, 2.05) is 101 Å². The van der Waals surface area contributed by atoms with Crippen LogP contribution in [0.5, 0.6) is 0 Å². The fourth-order valence-electron chi connectivity index (χ4n) is 5.78. The van der Waals surface area contributed by atoms with Crippen molar-refractivity contribution in [2.75, 3.05) is 4.90 Å². The third-order valence-electron chi connectivity index (χ3n) is 7.52. The van der Waals surface area contributed by atoms with Crippen LogP contribution in [0.15, 0.2) is 109 Å². The summed E-state index contributed by atoms with van der Waals surface area (Å²) in [7, 11) is 0. The van der Waals surface area contributed by atoms with Gasteiger partial charge in [-0.25, -0.2) is 0 Å². The first kappa shape index (κ1) is 20.7. The summed E-state index contributed by atoms with van der Waals surface area (Å²) in [5, 5.41) is 0. The molecule has 2 amide bonds. The van der Waals surface area contributed by atoms with Crippen molar-refractivity contribution in [1.82, 2.24) is 4.90 Å². The first-order valence-electron chi connectivity index (χ1n) is 11.8. The first-order valence-corrected chi connectivity index (χ1v) is 11.8. The summed E-state index contributed by atoms with van der Waals surface area (Å²) >= 11 is 0. The van der Waals surface area contributed by atoms with Crippen LogP contribution in [0.1, 0.15) is 23.1 Å². The van der Waals surface area contributed by atoms with Crippen molar-refractivity contribution in [2.45, 2.75) is 31.0 Å². The van der Waals surface area contributed by atoms with E-state index in [-0.39, 0.29) is 23.8 Å². The second-order valence-electron chi connectivity index (χ2n) is 9.45. The van der Waals surface area contributed by atoms with E-state index >= 15 is 0 Å². The predicted octanol–water partition coefficient (Wildman–Crippen LogP) is 5.01. The summed E-state index contributed by atoms with van der Waals surface area (Å²) in [4.78, 5) is 31.3. The van der Waals surface area contributed by atoms with E-state index in [0.29, 0.717) is 19.5 Å². The summed E-state index contributed by atoms with van der Waals surface area (Å²) in [5.74, 6) is -0.234. The summed E-state index contributed by atoms with van der Waals surface area (Å²) in [6.07, 6.45) is 4.43. The van der Waals surface area contributed by atoms with E-state index in [9.17, 15) is 9.59 Å². The van der Waals surface area contributed by atoms with Crippen LogP contribution < -0.4 is 4.90 Å². The van der Waals surface area contributed by atoms with E-state index in [0.717, 1.165) is 28.0 Å². The fourth-order valence-corrected chi connectivity index (χ4v) is 5.78. The van der Waals surface area contributed by atoms with E-state index in [1.165, 1.54) is 0 Å². The standard InChI is InChI=1S/C30H26N2O2/c1-21-24-16-17-30(18-27(21)31(28(24)33)19-22-10-4-2-5-11-22)25-14-8-9-15-26(25)32(29(30)34)20-23-12-6-3-7-13-23/h2-17,24,27H,1,18-20H2/t24-,27+,30?/m0/s1. The Morgan fingerprint density at radius 1 is 0.824 bits per heavy atom. The Kier molecular flexibility index (Phi) is 4.77. The molecule has 34 heavy (non-hydrogen) atoms. The van der Waals surface area contributed by atoms with Crippen molar-refractivity contribution >= 4 is 17.5 Å². The Bertz CT molecular complexity index is 1310. The number of benzene rings is 3.